The van der Waals surface area contributed by atoms with Gasteiger partial charge in [-0.2, -0.15) is 0 Å². The lowest BCUT2D eigenvalue weighted by molar-refractivity contribution is 0.0567. The number of hydrogen-bond acceptors (Lipinski definition) is 8. The molecule has 1 aliphatic rings. The minimum atomic E-state index is -0.410. The lowest BCUT2D eigenvalue weighted by Crippen LogP contribution is -2.39. The highest BCUT2D eigenvalue weighted by Crippen LogP contribution is 2.37. The maximum atomic E-state index is 13.9. The summed E-state index contributed by atoms with van der Waals surface area (Å²) in [6, 6.07) is 15.3. The van der Waals surface area contributed by atoms with Crippen LogP contribution in [0.4, 0.5) is 5.69 Å². The quantitative estimate of drug-likeness (QED) is 0.357. The summed E-state index contributed by atoms with van der Waals surface area (Å²) >= 11 is 0. The number of nitrogens with one attached hydrogen (secondary N) is 2. The number of nitrogens with zero attached hydrogens (tertiary/aromatic N) is 5. The Kier molecular flexibility index (Phi) is 4.95. The van der Waals surface area contributed by atoms with E-state index in [0.717, 1.165) is 44.4 Å². The van der Waals surface area contributed by atoms with Gasteiger partial charge in [0.15, 0.2) is 5.76 Å². The number of fused-ring (bicyclic) bond motifs is 4. The molecule has 1 atom stereocenters. The fraction of sp³-hybridized carbons (Fsp3) is 0.148. The van der Waals surface area contributed by atoms with E-state index in [0.29, 0.717) is 25.4 Å². The maximum absolute atomic E-state index is 13.9. The largest absolute Gasteiger partial charge is 0.459 e. The monoisotopic (exact) mass is 491 g/mol. The predicted octanol–water partition coefficient (Wildman–Crippen LogP) is 4.64. The van der Waals surface area contributed by atoms with Crippen LogP contribution < -0.4 is 5.32 Å². The van der Waals surface area contributed by atoms with Gasteiger partial charge in [0.1, 0.15) is 6.04 Å². The summed E-state index contributed by atoms with van der Waals surface area (Å²) < 4.78 is 11.3. The molecule has 10 heteroatoms. The van der Waals surface area contributed by atoms with E-state index in [-0.39, 0.29) is 11.7 Å². The number of amides is 1. The smallest absolute Gasteiger partial charge is 0.290 e. The van der Waals surface area contributed by atoms with E-state index in [2.05, 4.69) is 36.5 Å². The van der Waals surface area contributed by atoms with Gasteiger partial charge in [0.05, 0.1) is 23.8 Å². The molecule has 0 fully saturated rings. The van der Waals surface area contributed by atoms with E-state index in [1.165, 1.54) is 12.7 Å². The molecule has 7 rings (SSSR count). The Morgan fingerprint density at radius 3 is 2.86 bits per heavy atom. The van der Waals surface area contributed by atoms with Crippen LogP contribution >= 0.6 is 0 Å². The molecular formula is C27H21N7O3. The fourth-order valence-electron chi connectivity index (χ4n) is 5.03. The van der Waals surface area contributed by atoms with Crippen LogP contribution in [-0.4, -0.2) is 36.0 Å². The molecule has 5 heterocycles. The number of rotatable bonds is 5. The van der Waals surface area contributed by atoms with Crippen LogP contribution in [0, 0.1) is 0 Å². The van der Waals surface area contributed by atoms with Crippen LogP contribution in [0.3, 0.4) is 0 Å². The van der Waals surface area contributed by atoms with Gasteiger partial charge in [-0.25, -0.2) is 0 Å². The van der Waals surface area contributed by atoms with Crippen molar-refractivity contribution in [3.63, 3.8) is 0 Å². The van der Waals surface area contributed by atoms with E-state index in [4.69, 9.17) is 8.83 Å². The highest BCUT2D eigenvalue weighted by atomic mass is 16.4. The Morgan fingerprint density at radius 1 is 1.08 bits per heavy atom. The van der Waals surface area contributed by atoms with E-state index in [1.807, 2.05) is 36.4 Å². The summed E-state index contributed by atoms with van der Waals surface area (Å²) in [6.45, 7) is 0.771. The Balaban J connectivity index is 1.18. The van der Waals surface area contributed by atoms with E-state index in [9.17, 15) is 4.79 Å². The molecule has 2 N–H and O–H groups in total. The van der Waals surface area contributed by atoms with E-state index in [1.54, 1.807) is 23.4 Å². The average molecular weight is 492 g/mol. The first-order valence-corrected chi connectivity index (χ1v) is 11.9. The summed E-state index contributed by atoms with van der Waals surface area (Å²) in [7, 11) is 0. The SMILES string of the molecule is O=C(c1occc1CNc1ccc2nccnc2c1)N1Cc2[nH]c3ccccc3c2CC1c1nnco1. The van der Waals surface area contributed by atoms with Crippen LogP contribution in [0.2, 0.25) is 0 Å². The number of carbonyl (C=O) groups excluding carboxylic acids is 1. The number of para-hydroxylation sites is 1. The van der Waals surface area contributed by atoms with Crippen molar-refractivity contribution >= 4 is 33.5 Å². The summed E-state index contributed by atoms with van der Waals surface area (Å²) in [4.78, 5) is 27.7. The second-order valence-corrected chi connectivity index (χ2v) is 8.95. The predicted molar refractivity (Wildman–Crippen MR) is 134 cm³/mol. The minimum absolute atomic E-state index is 0.237. The van der Waals surface area contributed by atoms with Gasteiger partial charge in [0.25, 0.3) is 5.91 Å². The first-order valence-electron chi connectivity index (χ1n) is 11.9. The van der Waals surface area contributed by atoms with Crippen molar-refractivity contribution in [2.45, 2.75) is 25.6 Å². The zero-order valence-corrected chi connectivity index (χ0v) is 19.6. The van der Waals surface area contributed by atoms with Gasteiger partial charge >= 0.3 is 0 Å². The van der Waals surface area contributed by atoms with Crippen molar-refractivity contribution in [2.24, 2.45) is 0 Å². The van der Waals surface area contributed by atoms with Crippen molar-refractivity contribution in [1.29, 1.82) is 0 Å². The first kappa shape index (κ1) is 21.3. The van der Waals surface area contributed by atoms with Crippen LogP contribution in [0.1, 0.15) is 39.3 Å². The molecule has 0 aliphatic carbocycles. The Hall–Kier alpha value is -4.99. The fourth-order valence-corrected chi connectivity index (χ4v) is 5.03. The second kappa shape index (κ2) is 8.59. The molecule has 10 nitrogen and oxygen atoms in total. The van der Waals surface area contributed by atoms with Crippen LogP contribution in [0.15, 0.2) is 82.4 Å². The van der Waals surface area contributed by atoms with Crippen LogP contribution in [-0.2, 0) is 19.5 Å². The van der Waals surface area contributed by atoms with E-state index < -0.39 is 6.04 Å². The molecule has 6 aromatic rings. The van der Waals surface area contributed by atoms with Gasteiger partial charge in [-0.3, -0.25) is 14.8 Å². The molecule has 1 aliphatic heterocycles. The molecule has 0 saturated heterocycles. The standard InChI is InChI=1S/C27H21N7O3/c35-27(25-16(7-10-36-25)13-30-17-5-6-21-22(11-17)29-9-8-28-21)34-14-23-19(12-24(34)26-33-31-15-37-26)18-3-1-2-4-20(18)32-23/h1-11,15,24,30,32H,12-14H2. The van der Waals surface area contributed by atoms with Crippen molar-refractivity contribution in [2.75, 3.05) is 5.32 Å². The van der Waals surface area contributed by atoms with Gasteiger partial charge in [-0.05, 0) is 35.9 Å². The van der Waals surface area contributed by atoms with Crippen molar-refractivity contribution < 1.29 is 13.6 Å². The molecule has 0 spiro atoms. The molecule has 4 aromatic heterocycles. The molecule has 182 valence electrons. The molecule has 0 radical (unpaired) electrons. The summed E-state index contributed by atoms with van der Waals surface area (Å²) in [5, 5.41) is 12.5. The highest BCUT2D eigenvalue weighted by molar-refractivity contribution is 5.94. The minimum Gasteiger partial charge on any atom is -0.459 e. The van der Waals surface area contributed by atoms with Crippen molar-refractivity contribution in [3.05, 3.63) is 102 Å². The zero-order chi connectivity index (χ0) is 24.8. The summed E-state index contributed by atoms with van der Waals surface area (Å²) in [5.41, 5.74) is 6.42. The van der Waals surface area contributed by atoms with Crippen molar-refractivity contribution in [1.82, 2.24) is 30.0 Å². The number of anilines is 1. The van der Waals surface area contributed by atoms with E-state index >= 15 is 0 Å². The lowest BCUT2D eigenvalue weighted by Gasteiger charge is -2.33. The number of carbonyl (C=O) groups is 1. The molecule has 1 amide bonds. The Morgan fingerprint density at radius 2 is 1.97 bits per heavy atom. The number of hydrogen-bond donors (Lipinski definition) is 2. The van der Waals surface area contributed by atoms with Gasteiger partial charge < -0.3 is 24.0 Å². The Labute approximate surface area is 210 Å². The van der Waals surface area contributed by atoms with Crippen LogP contribution in [0.25, 0.3) is 21.9 Å². The number of aromatic amines is 1. The maximum Gasteiger partial charge on any atom is 0.290 e. The third-order valence-corrected chi connectivity index (χ3v) is 6.82. The summed E-state index contributed by atoms with van der Waals surface area (Å²) in [6.07, 6.45) is 6.71. The summed E-state index contributed by atoms with van der Waals surface area (Å²) in [5.74, 6) is 0.434. The normalized spacial score (nSPS) is 15.2. The molecule has 0 bridgehead atoms. The lowest BCUT2D eigenvalue weighted by atomic mass is 9.96. The van der Waals surface area contributed by atoms with Crippen LogP contribution in [0.5, 0.6) is 0 Å². The van der Waals surface area contributed by atoms with Crippen molar-refractivity contribution in [3.8, 4) is 0 Å². The van der Waals surface area contributed by atoms with Gasteiger partial charge in [-0.15, -0.1) is 10.2 Å². The zero-order valence-electron chi connectivity index (χ0n) is 19.6. The van der Waals surface area contributed by atoms with Gasteiger partial charge in [-0.1, -0.05) is 18.2 Å². The molecule has 37 heavy (non-hydrogen) atoms. The highest BCUT2D eigenvalue weighted by Gasteiger charge is 2.37. The number of furan rings is 1. The second-order valence-electron chi connectivity index (χ2n) is 8.95. The third-order valence-electron chi connectivity index (χ3n) is 6.82. The average Bonchev–Trinajstić information content (AvgIpc) is 3.70. The first-order chi connectivity index (χ1) is 18.2. The van der Waals surface area contributed by atoms with Gasteiger partial charge in [0, 0.05) is 53.2 Å². The van der Waals surface area contributed by atoms with Gasteiger partial charge in [0.2, 0.25) is 12.3 Å². The molecular weight excluding hydrogens is 470 g/mol. The number of benzene rings is 2. The number of H-pyrrole nitrogens is 1. The Bertz CT molecular complexity index is 1740. The third kappa shape index (κ3) is 3.70. The molecule has 0 saturated carbocycles. The topological polar surface area (TPSA) is 126 Å². The molecule has 2 aromatic carbocycles. The number of aromatic nitrogens is 5. The molecule has 1 unspecified atom stereocenters.